The van der Waals surface area contributed by atoms with Gasteiger partial charge < -0.3 is 11.1 Å². The molecule has 104 valence electrons. The molecule has 0 fully saturated rings. The third-order valence-electron chi connectivity index (χ3n) is 2.64. The highest BCUT2D eigenvalue weighted by molar-refractivity contribution is 9.10. The molecular weight excluding hydrogens is 330 g/mol. The van der Waals surface area contributed by atoms with Crippen LogP contribution in [-0.4, -0.2) is 5.91 Å². The second-order valence-electron chi connectivity index (χ2n) is 4.19. The second kappa shape index (κ2) is 6.00. The summed E-state index contributed by atoms with van der Waals surface area (Å²) in [6.45, 7) is -0.0304. The Labute approximate surface area is 122 Å². The van der Waals surface area contributed by atoms with Gasteiger partial charge in [-0.25, -0.2) is 8.78 Å². The number of carbonyl (C=O) groups is 1. The van der Waals surface area contributed by atoms with Gasteiger partial charge in [0.2, 0.25) is 0 Å². The number of rotatable bonds is 3. The fourth-order valence-corrected chi connectivity index (χ4v) is 2.20. The summed E-state index contributed by atoms with van der Waals surface area (Å²) in [6, 6.07) is 7.99. The van der Waals surface area contributed by atoms with Crippen molar-refractivity contribution in [3.05, 3.63) is 63.6 Å². The molecule has 2 rings (SSSR count). The Morgan fingerprint density at radius 2 is 1.95 bits per heavy atom. The zero-order valence-electron chi connectivity index (χ0n) is 10.3. The molecule has 0 aliphatic heterocycles. The minimum atomic E-state index is -0.695. The molecule has 0 aromatic heterocycles. The summed E-state index contributed by atoms with van der Waals surface area (Å²) in [5, 5.41) is 2.55. The summed E-state index contributed by atoms with van der Waals surface area (Å²) in [7, 11) is 0. The summed E-state index contributed by atoms with van der Waals surface area (Å²) < 4.78 is 26.8. The molecule has 2 aromatic carbocycles. The Hall–Kier alpha value is -1.95. The van der Waals surface area contributed by atoms with Gasteiger partial charge in [-0.1, -0.05) is 22.0 Å². The first-order valence-electron chi connectivity index (χ1n) is 5.74. The van der Waals surface area contributed by atoms with Crippen molar-refractivity contribution in [2.24, 2.45) is 0 Å². The number of hydrogen-bond acceptors (Lipinski definition) is 2. The number of nitrogen functional groups attached to an aromatic ring is 1. The van der Waals surface area contributed by atoms with Crippen molar-refractivity contribution < 1.29 is 13.6 Å². The van der Waals surface area contributed by atoms with Gasteiger partial charge in [0.15, 0.2) is 0 Å². The molecule has 6 heteroatoms. The summed E-state index contributed by atoms with van der Waals surface area (Å²) in [4.78, 5) is 11.9. The number of amides is 1. The first-order chi connectivity index (χ1) is 9.45. The molecule has 0 unspecified atom stereocenters. The third kappa shape index (κ3) is 3.54. The Balaban J connectivity index is 2.08. The van der Waals surface area contributed by atoms with Crippen LogP contribution >= 0.6 is 15.9 Å². The molecule has 0 aliphatic carbocycles. The van der Waals surface area contributed by atoms with Crippen LogP contribution in [0.3, 0.4) is 0 Å². The molecule has 0 heterocycles. The van der Waals surface area contributed by atoms with Crippen molar-refractivity contribution in [2.75, 3.05) is 5.73 Å². The molecule has 3 N–H and O–H groups in total. The quantitative estimate of drug-likeness (QED) is 0.842. The Morgan fingerprint density at radius 1 is 1.20 bits per heavy atom. The van der Waals surface area contributed by atoms with E-state index < -0.39 is 11.6 Å². The zero-order chi connectivity index (χ0) is 14.7. The van der Waals surface area contributed by atoms with E-state index in [1.54, 1.807) is 12.1 Å². The van der Waals surface area contributed by atoms with Crippen LogP contribution in [-0.2, 0) is 6.54 Å². The van der Waals surface area contributed by atoms with Crippen molar-refractivity contribution in [1.29, 1.82) is 0 Å². The lowest BCUT2D eigenvalue weighted by atomic mass is 10.1. The van der Waals surface area contributed by atoms with Crippen LogP contribution in [0.4, 0.5) is 14.5 Å². The molecule has 2 aromatic rings. The number of carbonyl (C=O) groups excluding carboxylic acids is 1. The molecule has 0 atom stereocenters. The average molecular weight is 341 g/mol. The fourth-order valence-electron chi connectivity index (χ4n) is 1.69. The highest BCUT2D eigenvalue weighted by Crippen LogP contribution is 2.17. The van der Waals surface area contributed by atoms with E-state index in [-0.39, 0.29) is 18.0 Å². The smallest absolute Gasteiger partial charge is 0.251 e. The van der Waals surface area contributed by atoms with E-state index in [0.717, 1.165) is 12.1 Å². The Kier molecular flexibility index (Phi) is 4.34. The van der Waals surface area contributed by atoms with Crippen LogP contribution < -0.4 is 11.1 Å². The van der Waals surface area contributed by atoms with Gasteiger partial charge in [-0.3, -0.25) is 4.79 Å². The summed E-state index contributed by atoms with van der Waals surface area (Å²) in [6.07, 6.45) is 0. The van der Waals surface area contributed by atoms with Gasteiger partial charge in [0.25, 0.3) is 5.91 Å². The number of benzene rings is 2. The van der Waals surface area contributed by atoms with Crippen LogP contribution in [0.15, 0.2) is 40.9 Å². The first kappa shape index (κ1) is 14.5. The maximum absolute atomic E-state index is 13.4. The number of halogens is 3. The van der Waals surface area contributed by atoms with Crippen LogP contribution in [0.5, 0.6) is 0 Å². The van der Waals surface area contributed by atoms with E-state index in [4.69, 9.17) is 5.73 Å². The second-order valence-corrected chi connectivity index (χ2v) is 5.11. The van der Waals surface area contributed by atoms with Crippen molar-refractivity contribution in [1.82, 2.24) is 5.32 Å². The molecule has 20 heavy (non-hydrogen) atoms. The number of nitrogens with one attached hydrogen (secondary N) is 1. The predicted molar refractivity (Wildman–Crippen MR) is 76.1 cm³/mol. The van der Waals surface area contributed by atoms with E-state index in [1.165, 1.54) is 12.1 Å². The largest absolute Gasteiger partial charge is 0.399 e. The van der Waals surface area contributed by atoms with Crippen molar-refractivity contribution in [2.45, 2.75) is 6.54 Å². The molecule has 1 amide bonds. The van der Waals surface area contributed by atoms with Gasteiger partial charge in [-0.15, -0.1) is 0 Å². The van der Waals surface area contributed by atoms with Crippen LogP contribution in [0, 0.1) is 11.6 Å². The number of hydrogen-bond donors (Lipinski definition) is 2. The molecule has 0 saturated carbocycles. The van der Waals surface area contributed by atoms with Crippen LogP contribution in [0.1, 0.15) is 15.9 Å². The molecule has 3 nitrogen and oxygen atoms in total. The zero-order valence-corrected chi connectivity index (χ0v) is 11.9. The normalized spacial score (nSPS) is 10.3. The molecule has 0 aliphatic rings. The molecule has 0 bridgehead atoms. The van der Waals surface area contributed by atoms with E-state index in [0.29, 0.717) is 15.7 Å². The first-order valence-corrected chi connectivity index (χ1v) is 6.53. The average Bonchev–Trinajstić information content (AvgIpc) is 2.36. The lowest BCUT2D eigenvalue weighted by Crippen LogP contribution is -2.23. The van der Waals surface area contributed by atoms with E-state index in [2.05, 4.69) is 21.2 Å². The van der Waals surface area contributed by atoms with Crippen molar-refractivity contribution >= 4 is 27.5 Å². The van der Waals surface area contributed by atoms with Crippen LogP contribution in [0.25, 0.3) is 0 Å². The lowest BCUT2D eigenvalue weighted by molar-refractivity contribution is 0.0950. The topological polar surface area (TPSA) is 55.1 Å². The van der Waals surface area contributed by atoms with Crippen molar-refractivity contribution in [3.8, 4) is 0 Å². The summed E-state index contributed by atoms with van der Waals surface area (Å²) in [5.74, 6) is -1.74. The lowest BCUT2D eigenvalue weighted by Gasteiger charge is -2.07. The number of anilines is 1. The maximum atomic E-state index is 13.4. The standard InChI is InChI=1S/C14H11BrF2N2O/c15-10-3-9(4-12(18)5-10)14(20)19-7-8-1-2-11(16)6-13(8)17/h1-6H,7,18H2,(H,19,20). The molecule has 0 saturated heterocycles. The Bertz CT molecular complexity index is 641. The SMILES string of the molecule is Nc1cc(Br)cc(C(=O)NCc2ccc(F)cc2F)c1. The molecule has 0 spiro atoms. The third-order valence-corrected chi connectivity index (χ3v) is 3.09. The molecule has 0 radical (unpaired) electrons. The molecular formula is C14H11BrF2N2O. The van der Waals surface area contributed by atoms with Gasteiger partial charge in [0, 0.05) is 33.9 Å². The fraction of sp³-hybridized carbons (Fsp3) is 0.0714. The van der Waals surface area contributed by atoms with E-state index in [1.807, 2.05) is 0 Å². The monoisotopic (exact) mass is 340 g/mol. The minimum absolute atomic E-state index is 0.0304. The van der Waals surface area contributed by atoms with Crippen molar-refractivity contribution in [3.63, 3.8) is 0 Å². The van der Waals surface area contributed by atoms with Gasteiger partial charge in [-0.05, 0) is 24.3 Å². The van der Waals surface area contributed by atoms with Gasteiger partial charge >= 0.3 is 0 Å². The van der Waals surface area contributed by atoms with Gasteiger partial charge in [0.1, 0.15) is 11.6 Å². The highest BCUT2D eigenvalue weighted by atomic mass is 79.9. The summed E-state index contributed by atoms with van der Waals surface area (Å²) >= 11 is 3.24. The Morgan fingerprint density at radius 3 is 2.60 bits per heavy atom. The number of nitrogens with two attached hydrogens (primary N) is 1. The van der Waals surface area contributed by atoms with E-state index >= 15 is 0 Å². The highest BCUT2D eigenvalue weighted by Gasteiger charge is 2.09. The minimum Gasteiger partial charge on any atom is -0.399 e. The van der Waals surface area contributed by atoms with Gasteiger partial charge in [-0.2, -0.15) is 0 Å². The van der Waals surface area contributed by atoms with Gasteiger partial charge in [0.05, 0.1) is 0 Å². The predicted octanol–water partition coefficient (Wildman–Crippen LogP) is 3.24. The van der Waals surface area contributed by atoms with Crippen LogP contribution in [0.2, 0.25) is 0 Å². The van der Waals surface area contributed by atoms with E-state index in [9.17, 15) is 13.6 Å². The summed E-state index contributed by atoms with van der Waals surface area (Å²) in [5.41, 5.74) is 6.65. The maximum Gasteiger partial charge on any atom is 0.251 e.